The van der Waals surface area contributed by atoms with Gasteiger partial charge in [-0.15, -0.1) is 0 Å². The molecule has 0 bridgehead atoms. The maximum absolute atomic E-state index is 3.49. The van der Waals surface area contributed by atoms with Crippen LogP contribution >= 0.6 is 0 Å². The molecule has 0 rings (SSSR count). The van der Waals surface area contributed by atoms with Crippen LogP contribution in [0, 0.1) is 11.3 Å². The molecule has 86 valence electrons. The van der Waals surface area contributed by atoms with Crippen molar-refractivity contribution in [3.05, 3.63) is 0 Å². The van der Waals surface area contributed by atoms with Crippen molar-refractivity contribution in [3.63, 3.8) is 0 Å². The van der Waals surface area contributed by atoms with E-state index in [2.05, 4.69) is 47.0 Å². The summed E-state index contributed by atoms with van der Waals surface area (Å²) in [6, 6.07) is 0.664. The Bertz CT molecular complexity index is 136. The fourth-order valence-corrected chi connectivity index (χ4v) is 2.03. The Morgan fingerprint density at radius 2 is 1.57 bits per heavy atom. The summed E-state index contributed by atoms with van der Waals surface area (Å²) in [6.07, 6.45) is 5.20. The third-order valence-corrected chi connectivity index (χ3v) is 3.93. The SMILES string of the molecule is CCC(CC)CC(NC)C(C)(C)CC. The number of rotatable bonds is 7. The summed E-state index contributed by atoms with van der Waals surface area (Å²) in [7, 11) is 2.10. The Morgan fingerprint density at radius 1 is 1.07 bits per heavy atom. The normalized spacial score (nSPS) is 14.8. The summed E-state index contributed by atoms with van der Waals surface area (Å²) < 4.78 is 0. The van der Waals surface area contributed by atoms with Crippen LogP contribution in [0.25, 0.3) is 0 Å². The smallest absolute Gasteiger partial charge is 0.0118 e. The monoisotopic (exact) mass is 199 g/mol. The highest BCUT2D eigenvalue weighted by molar-refractivity contribution is 4.83. The molecule has 1 atom stereocenters. The summed E-state index contributed by atoms with van der Waals surface area (Å²) in [4.78, 5) is 0. The highest BCUT2D eigenvalue weighted by Gasteiger charge is 2.27. The van der Waals surface area contributed by atoms with E-state index in [-0.39, 0.29) is 0 Å². The van der Waals surface area contributed by atoms with E-state index in [4.69, 9.17) is 0 Å². The van der Waals surface area contributed by atoms with Gasteiger partial charge in [-0.05, 0) is 31.2 Å². The molecule has 1 unspecified atom stereocenters. The van der Waals surface area contributed by atoms with Crippen molar-refractivity contribution in [2.24, 2.45) is 11.3 Å². The minimum absolute atomic E-state index is 0.428. The summed E-state index contributed by atoms with van der Waals surface area (Å²) in [5.74, 6) is 0.887. The van der Waals surface area contributed by atoms with Crippen molar-refractivity contribution in [1.82, 2.24) is 5.32 Å². The molecular formula is C13H29N. The van der Waals surface area contributed by atoms with Crippen molar-refractivity contribution < 1.29 is 0 Å². The topological polar surface area (TPSA) is 12.0 Å². The van der Waals surface area contributed by atoms with Gasteiger partial charge in [-0.1, -0.05) is 47.5 Å². The molecule has 0 saturated heterocycles. The molecule has 0 aliphatic rings. The molecule has 0 aromatic carbocycles. The van der Waals surface area contributed by atoms with Crippen molar-refractivity contribution in [2.75, 3.05) is 7.05 Å². The van der Waals surface area contributed by atoms with E-state index in [1.165, 1.54) is 25.7 Å². The van der Waals surface area contributed by atoms with Crippen LogP contribution in [0.3, 0.4) is 0 Å². The molecule has 1 heteroatoms. The molecule has 0 heterocycles. The second kappa shape index (κ2) is 6.44. The molecular weight excluding hydrogens is 170 g/mol. The standard InChI is InChI=1S/C13H29N/c1-7-11(8-2)10-12(14-6)13(4,5)9-3/h11-12,14H,7-10H2,1-6H3. The lowest BCUT2D eigenvalue weighted by Crippen LogP contribution is -2.41. The van der Waals surface area contributed by atoms with E-state index in [0.717, 1.165) is 5.92 Å². The Hall–Kier alpha value is -0.0400. The van der Waals surface area contributed by atoms with Gasteiger partial charge in [-0.2, -0.15) is 0 Å². The highest BCUT2D eigenvalue weighted by Crippen LogP contribution is 2.30. The van der Waals surface area contributed by atoms with Gasteiger partial charge in [0.1, 0.15) is 0 Å². The molecule has 0 aromatic rings. The van der Waals surface area contributed by atoms with Gasteiger partial charge in [-0.3, -0.25) is 0 Å². The molecule has 0 aliphatic heterocycles. The molecule has 14 heavy (non-hydrogen) atoms. The molecule has 1 N–H and O–H groups in total. The largest absolute Gasteiger partial charge is 0.316 e. The van der Waals surface area contributed by atoms with E-state index in [0.29, 0.717) is 11.5 Å². The van der Waals surface area contributed by atoms with Crippen molar-refractivity contribution in [2.45, 2.75) is 66.3 Å². The van der Waals surface area contributed by atoms with Gasteiger partial charge in [0.05, 0.1) is 0 Å². The lowest BCUT2D eigenvalue weighted by molar-refractivity contribution is 0.201. The minimum Gasteiger partial charge on any atom is -0.316 e. The van der Waals surface area contributed by atoms with Crippen LogP contribution in [0.4, 0.5) is 0 Å². The lowest BCUT2D eigenvalue weighted by atomic mass is 9.77. The Kier molecular flexibility index (Phi) is 6.43. The molecule has 0 radical (unpaired) electrons. The maximum atomic E-state index is 3.49. The maximum Gasteiger partial charge on any atom is 0.0118 e. The predicted molar refractivity (Wildman–Crippen MR) is 65.6 cm³/mol. The third kappa shape index (κ3) is 4.00. The van der Waals surface area contributed by atoms with Crippen LogP contribution in [-0.4, -0.2) is 13.1 Å². The fourth-order valence-electron chi connectivity index (χ4n) is 2.03. The zero-order chi connectivity index (χ0) is 11.2. The third-order valence-electron chi connectivity index (χ3n) is 3.93. The van der Waals surface area contributed by atoms with E-state index in [9.17, 15) is 0 Å². The zero-order valence-electron chi connectivity index (χ0n) is 11.0. The second-order valence-electron chi connectivity index (χ2n) is 5.10. The first kappa shape index (κ1) is 14.0. The predicted octanol–water partition coefficient (Wildman–Crippen LogP) is 3.84. The van der Waals surface area contributed by atoms with Gasteiger partial charge in [0.15, 0.2) is 0 Å². The molecule has 0 amide bonds. The summed E-state index contributed by atoms with van der Waals surface area (Å²) in [5.41, 5.74) is 0.428. The summed E-state index contributed by atoms with van der Waals surface area (Å²) >= 11 is 0. The van der Waals surface area contributed by atoms with Crippen molar-refractivity contribution >= 4 is 0 Å². The molecule has 0 spiro atoms. The molecule has 0 aliphatic carbocycles. The zero-order valence-corrected chi connectivity index (χ0v) is 11.0. The molecule has 0 aromatic heterocycles. The van der Waals surface area contributed by atoms with E-state index < -0.39 is 0 Å². The summed E-state index contributed by atoms with van der Waals surface area (Å²) in [5, 5.41) is 3.49. The first-order chi connectivity index (χ1) is 6.51. The average molecular weight is 199 g/mol. The van der Waals surface area contributed by atoms with Crippen LogP contribution in [0.2, 0.25) is 0 Å². The Labute approximate surface area is 90.7 Å². The Morgan fingerprint density at radius 3 is 1.86 bits per heavy atom. The van der Waals surface area contributed by atoms with Crippen LogP contribution < -0.4 is 5.32 Å². The first-order valence-electron chi connectivity index (χ1n) is 6.19. The van der Waals surface area contributed by atoms with Gasteiger partial charge < -0.3 is 5.32 Å². The highest BCUT2D eigenvalue weighted by atomic mass is 14.9. The quantitative estimate of drug-likeness (QED) is 0.657. The Balaban J connectivity index is 4.27. The molecule has 0 fully saturated rings. The van der Waals surface area contributed by atoms with Gasteiger partial charge in [0, 0.05) is 6.04 Å². The van der Waals surface area contributed by atoms with Gasteiger partial charge in [0.25, 0.3) is 0 Å². The van der Waals surface area contributed by atoms with Crippen molar-refractivity contribution in [1.29, 1.82) is 0 Å². The van der Waals surface area contributed by atoms with Crippen LogP contribution in [0.1, 0.15) is 60.3 Å². The van der Waals surface area contributed by atoms with Crippen LogP contribution in [0.5, 0.6) is 0 Å². The van der Waals surface area contributed by atoms with Gasteiger partial charge in [0.2, 0.25) is 0 Å². The number of hydrogen-bond acceptors (Lipinski definition) is 1. The second-order valence-corrected chi connectivity index (χ2v) is 5.10. The minimum atomic E-state index is 0.428. The van der Waals surface area contributed by atoms with E-state index >= 15 is 0 Å². The lowest BCUT2D eigenvalue weighted by Gasteiger charge is -2.35. The van der Waals surface area contributed by atoms with Gasteiger partial charge in [-0.25, -0.2) is 0 Å². The van der Waals surface area contributed by atoms with Gasteiger partial charge >= 0.3 is 0 Å². The number of nitrogens with one attached hydrogen (secondary N) is 1. The van der Waals surface area contributed by atoms with E-state index in [1.54, 1.807) is 0 Å². The van der Waals surface area contributed by atoms with E-state index in [1.807, 2.05) is 0 Å². The average Bonchev–Trinajstić information content (AvgIpc) is 2.19. The molecule has 1 nitrogen and oxygen atoms in total. The first-order valence-corrected chi connectivity index (χ1v) is 6.19. The summed E-state index contributed by atoms with van der Waals surface area (Å²) in [6.45, 7) is 11.6. The number of hydrogen-bond donors (Lipinski definition) is 1. The van der Waals surface area contributed by atoms with Crippen molar-refractivity contribution in [3.8, 4) is 0 Å². The van der Waals surface area contributed by atoms with Crippen LogP contribution in [-0.2, 0) is 0 Å². The fraction of sp³-hybridized carbons (Fsp3) is 1.00. The molecule has 0 saturated carbocycles. The van der Waals surface area contributed by atoms with Crippen LogP contribution in [0.15, 0.2) is 0 Å².